The van der Waals surface area contributed by atoms with Gasteiger partial charge in [-0.1, -0.05) is 19.8 Å². The molecule has 2 aliphatic rings. The molecule has 1 aliphatic carbocycles. The highest BCUT2D eigenvalue weighted by molar-refractivity contribution is 7.86. The second kappa shape index (κ2) is 9.23. The molecule has 31 heavy (non-hydrogen) atoms. The number of aromatic amines is 1. The maximum Gasteiger partial charge on any atom is 0.283 e. The molecule has 2 fully saturated rings. The van der Waals surface area contributed by atoms with Crippen LogP contribution in [0, 0.1) is 17.2 Å². The zero-order valence-corrected chi connectivity index (χ0v) is 19.1. The number of nitrogens with zero attached hydrogens (tertiary/aromatic N) is 5. The number of H-pyrrole nitrogens is 1. The number of hydrogen-bond donors (Lipinski definition) is 1. The molecular formula is C22H32N6O2S. The smallest absolute Gasteiger partial charge is 0.283 e. The van der Waals surface area contributed by atoms with Gasteiger partial charge in [0.05, 0.1) is 11.8 Å². The van der Waals surface area contributed by atoms with E-state index in [1.807, 2.05) is 19.2 Å². The molecular weight excluding hydrogens is 412 g/mol. The van der Waals surface area contributed by atoms with Gasteiger partial charge >= 0.3 is 0 Å². The predicted octanol–water partition coefficient (Wildman–Crippen LogP) is 3.40. The molecule has 9 heteroatoms. The highest BCUT2D eigenvalue weighted by Gasteiger charge is 2.53. The summed E-state index contributed by atoms with van der Waals surface area (Å²) < 4.78 is 30.3. The molecule has 1 unspecified atom stereocenters. The Kier molecular flexibility index (Phi) is 6.60. The first-order valence-electron chi connectivity index (χ1n) is 11.4. The van der Waals surface area contributed by atoms with Crippen LogP contribution in [0.5, 0.6) is 0 Å². The van der Waals surface area contributed by atoms with Gasteiger partial charge in [-0.3, -0.25) is 0 Å². The van der Waals surface area contributed by atoms with Crippen LogP contribution in [0.25, 0.3) is 11.0 Å². The normalized spacial score (nSPS) is 21.8. The summed E-state index contributed by atoms with van der Waals surface area (Å²) in [5.74, 6) is 0.377. The van der Waals surface area contributed by atoms with E-state index < -0.39 is 10.2 Å². The van der Waals surface area contributed by atoms with Crippen molar-refractivity contribution in [1.82, 2.24) is 23.6 Å². The molecule has 3 heterocycles. The standard InChI is InChI=1S/C22H32N6O2S/c1-2-3-13-27(15-11-23)31(29,30)28-14-7-18(5-4-8-22(28)9-10-22)16-20-19-6-12-24-21(19)26-17-25-20/h6,12,17-18H,2-5,7-10,13-16H2,1H3,(H,24,25,26). The van der Waals surface area contributed by atoms with Crippen molar-refractivity contribution < 1.29 is 8.42 Å². The van der Waals surface area contributed by atoms with Crippen LogP contribution in [-0.2, 0) is 16.6 Å². The van der Waals surface area contributed by atoms with E-state index in [4.69, 9.17) is 0 Å². The SMILES string of the molecule is CCCCN(CC#N)S(=O)(=O)N1CCC(Cc2ncnc3[nH]ccc23)CCCC12CC2. The van der Waals surface area contributed by atoms with Crippen molar-refractivity contribution in [2.75, 3.05) is 19.6 Å². The molecule has 2 aromatic heterocycles. The summed E-state index contributed by atoms with van der Waals surface area (Å²) in [6.45, 7) is 2.89. The van der Waals surface area contributed by atoms with Crippen LogP contribution in [0.1, 0.15) is 64.0 Å². The lowest BCUT2D eigenvalue weighted by atomic mass is 9.89. The maximum absolute atomic E-state index is 13.6. The molecule has 1 spiro atoms. The minimum Gasteiger partial charge on any atom is -0.346 e. The van der Waals surface area contributed by atoms with Crippen molar-refractivity contribution in [1.29, 1.82) is 5.26 Å². The average Bonchev–Trinajstić information content (AvgIpc) is 3.35. The lowest BCUT2D eigenvalue weighted by Crippen LogP contribution is -2.51. The van der Waals surface area contributed by atoms with Gasteiger partial charge in [0.15, 0.2) is 0 Å². The highest BCUT2D eigenvalue weighted by Crippen LogP contribution is 2.49. The molecule has 1 N–H and O–H groups in total. The predicted molar refractivity (Wildman–Crippen MR) is 119 cm³/mol. The molecule has 2 aromatic rings. The van der Waals surface area contributed by atoms with E-state index in [2.05, 4.69) is 21.0 Å². The van der Waals surface area contributed by atoms with E-state index in [0.29, 0.717) is 19.0 Å². The lowest BCUT2D eigenvalue weighted by Gasteiger charge is -2.37. The molecule has 4 rings (SSSR count). The molecule has 1 aliphatic heterocycles. The van der Waals surface area contributed by atoms with E-state index in [-0.39, 0.29) is 12.1 Å². The summed E-state index contributed by atoms with van der Waals surface area (Å²) in [4.78, 5) is 11.9. The molecule has 168 valence electrons. The van der Waals surface area contributed by atoms with Gasteiger partial charge in [-0.25, -0.2) is 9.97 Å². The van der Waals surface area contributed by atoms with E-state index in [9.17, 15) is 13.7 Å². The minimum atomic E-state index is -3.65. The van der Waals surface area contributed by atoms with Crippen molar-refractivity contribution in [3.05, 3.63) is 24.3 Å². The zero-order valence-electron chi connectivity index (χ0n) is 18.3. The van der Waals surface area contributed by atoms with Crippen molar-refractivity contribution in [2.24, 2.45) is 5.92 Å². The Labute approximate surface area is 184 Å². The number of aromatic nitrogens is 3. The summed E-state index contributed by atoms with van der Waals surface area (Å²) in [5, 5.41) is 10.3. The van der Waals surface area contributed by atoms with Gasteiger partial charge in [-0.15, -0.1) is 0 Å². The molecule has 1 saturated carbocycles. The summed E-state index contributed by atoms with van der Waals surface area (Å²) in [7, 11) is -3.65. The fraction of sp³-hybridized carbons (Fsp3) is 0.682. The van der Waals surface area contributed by atoms with Crippen molar-refractivity contribution in [2.45, 2.75) is 70.3 Å². The third-order valence-electron chi connectivity index (χ3n) is 6.88. The molecule has 8 nitrogen and oxygen atoms in total. The number of fused-ring (bicyclic) bond motifs is 1. The number of nitriles is 1. The first-order valence-corrected chi connectivity index (χ1v) is 12.8. The number of rotatable bonds is 8. The van der Waals surface area contributed by atoms with Gasteiger partial charge in [-0.2, -0.15) is 22.3 Å². The van der Waals surface area contributed by atoms with Crippen LogP contribution in [0.15, 0.2) is 18.6 Å². The topological polar surface area (TPSA) is 106 Å². The lowest BCUT2D eigenvalue weighted by molar-refractivity contribution is 0.210. The van der Waals surface area contributed by atoms with Gasteiger partial charge in [0.1, 0.15) is 18.5 Å². The quantitative estimate of drug-likeness (QED) is 0.628. The second-order valence-corrected chi connectivity index (χ2v) is 10.8. The first kappa shape index (κ1) is 22.2. The Morgan fingerprint density at radius 2 is 2.16 bits per heavy atom. The minimum absolute atomic E-state index is 0.0786. The molecule has 0 amide bonds. The van der Waals surface area contributed by atoms with Gasteiger partial charge in [-0.05, 0) is 56.9 Å². The van der Waals surface area contributed by atoms with E-state index in [0.717, 1.165) is 74.5 Å². The van der Waals surface area contributed by atoms with Gasteiger partial charge in [0.25, 0.3) is 10.2 Å². The van der Waals surface area contributed by atoms with Crippen LogP contribution < -0.4 is 0 Å². The summed E-state index contributed by atoms with van der Waals surface area (Å²) >= 11 is 0. The summed E-state index contributed by atoms with van der Waals surface area (Å²) in [6, 6.07) is 4.07. The van der Waals surface area contributed by atoms with E-state index in [1.165, 1.54) is 4.31 Å². The molecule has 1 atom stereocenters. The van der Waals surface area contributed by atoms with E-state index >= 15 is 0 Å². The van der Waals surface area contributed by atoms with Crippen molar-refractivity contribution in [3.8, 4) is 6.07 Å². The monoisotopic (exact) mass is 444 g/mol. The second-order valence-electron chi connectivity index (χ2n) is 8.96. The fourth-order valence-corrected chi connectivity index (χ4v) is 6.88. The Balaban J connectivity index is 1.52. The Morgan fingerprint density at radius 3 is 2.90 bits per heavy atom. The number of nitrogens with one attached hydrogen (secondary N) is 1. The number of unbranched alkanes of at least 4 members (excludes halogenated alkanes) is 1. The van der Waals surface area contributed by atoms with Crippen LogP contribution in [-0.4, -0.2) is 57.2 Å². The Bertz CT molecular complexity index is 1040. The third-order valence-corrected chi connectivity index (χ3v) is 8.97. The molecule has 1 saturated heterocycles. The summed E-state index contributed by atoms with van der Waals surface area (Å²) in [6.07, 6.45) is 11.7. The summed E-state index contributed by atoms with van der Waals surface area (Å²) in [5.41, 5.74) is 1.65. The first-order chi connectivity index (χ1) is 15.0. The van der Waals surface area contributed by atoms with Crippen LogP contribution >= 0.6 is 0 Å². The van der Waals surface area contributed by atoms with Crippen molar-refractivity contribution in [3.63, 3.8) is 0 Å². The maximum atomic E-state index is 13.6. The molecule has 0 aromatic carbocycles. The number of hydrogen-bond acceptors (Lipinski definition) is 5. The molecule has 0 bridgehead atoms. The van der Waals surface area contributed by atoms with Crippen LogP contribution in [0.3, 0.4) is 0 Å². The van der Waals surface area contributed by atoms with Gasteiger partial charge in [0.2, 0.25) is 0 Å². The Morgan fingerprint density at radius 1 is 1.32 bits per heavy atom. The Hall–Kier alpha value is -2.02. The average molecular weight is 445 g/mol. The van der Waals surface area contributed by atoms with E-state index in [1.54, 1.807) is 10.6 Å². The fourth-order valence-electron chi connectivity index (χ4n) is 4.92. The van der Waals surface area contributed by atoms with Gasteiger partial charge in [0, 0.05) is 30.2 Å². The van der Waals surface area contributed by atoms with Crippen LogP contribution in [0.4, 0.5) is 0 Å². The molecule has 0 radical (unpaired) electrons. The largest absolute Gasteiger partial charge is 0.346 e. The van der Waals surface area contributed by atoms with Crippen LogP contribution in [0.2, 0.25) is 0 Å². The zero-order chi connectivity index (χ0) is 21.9. The van der Waals surface area contributed by atoms with Gasteiger partial charge < -0.3 is 4.98 Å². The highest BCUT2D eigenvalue weighted by atomic mass is 32.2. The third kappa shape index (κ3) is 4.61. The van der Waals surface area contributed by atoms with Crippen molar-refractivity contribution >= 4 is 21.2 Å².